The standard InChI is InChI=1S/C16H15N3O2/c20-16-18-9-5-4-8-15(18)17-19(16)12-10-14(11-12)21-13-6-2-1-3-7-13/h1-9,12,14H,10-11H2. The molecule has 0 amide bonds. The Morgan fingerprint density at radius 1 is 1.05 bits per heavy atom. The molecular weight excluding hydrogens is 266 g/mol. The van der Waals surface area contributed by atoms with Crippen molar-refractivity contribution < 1.29 is 4.74 Å². The van der Waals surface area contributed by atoms with E-state index in [4.69, 9.17) is 4.74 Å². The van der Waals surface area contributed by atoms with Crippen LogP contribution >= 0.6 is 0 Å². The van der Waals surface area contributed by atoms with E-state index in [9.17, 15) is 4.79 Å². The van der Waals surface area contributed by atoms with Crippen LogP contribution in [0.1, 0.15) is 18.9 Å². The number of benzene rings is 1. The minimum absolute atomic E-state index is 0.0752. The molecule has 3 aromatic rings. The van der Waals surface area contributed by atoms with Crippen LogP contribution in [-0.2, 0) is 0 Å². The van der Waals surface area contributed by atoms with Crippen molar-refractivity contribution in [1.82, 2.24) is 14.2 Å². The predicted octanol–water partition coefficient (Wildman–Crippen LogP) is 2.28. The number of hydrogen-bond donors (Lipinski definition) is 0. The van der Waals surface area contributed by atoms with Gasteiger partial charge < -0.3 is 4.74 Å². The molecule has 21 heavy (non-hydrogen) atoms. The fourth-order valence-corrected chi connectivity index (χ4v) is 2.70. The van der Waals surface area contributed by atoms with Gasteiger partial charge in [-0.05, 0) is 24.3 Å². The van der Waals surface area contributed by atoms with E-state index in [-0.39, 0.29) is 17.8 Å². The van der Waals surface area contributed by atoms with Crippen molar-refractivity contribution in [3.8, 4) is 5.75 Å². The fraction of sp³-hybridized carbons (Fsp3) is 0.250. The van der Waals surface area contributed by atoms with Gasteiger partial charge in [0.2, 0.25) is 0 Å². The lowest BCUT2D eigenvalue weighted by molar-refractivity contribution is 0.0630. The number of para-hydroxylation sites is 1. The lowest BCUT2D eigenvalue weighted by Crippen LogP contribution is -2.40. The second kappa shape index (κ2) is 4.77. The van der Waals surface area contributed by atoms with Gasteiger partial charge in [-0.3, -0.25) is 4.40 Å². The zero-order valence-corrected chi connectivity index (χ0v) is 11.4. The second-order valence-electron chi connectivity index (χ2n) is 5.33. The normalized spacial score (nSPS) is 21.1. The van der Waals surface area contributed by atoms with Crippen LogP contribution in [0, 0.1) is 0 Å². The van der Waals surface area contributed by atoms with Gasteiger partial charge in [0.25, 0.3) is 0 Å². The minimum atomic E-state index is -0.0752. The van der Waals surface area contributed by atoms with E-state index in [2.05, 4.69) is 5.10 Å². The van der Waals surface area contributed by atoms with Crippen molar-refractivity contribution in [2.75, 3.05) is 0 Å². The molecular formula is C16H15N3O2. The summed E-state index contributed by atoms with van der Waals surface area (Å²) in [6, 6.07) is 15.5. The van der Waals surface area contributed by atoms with Crippen molar-refractivity contribution in [3.05, 3.63) is 65.2 Å². The fourth-order valence-electron chi connectivity index (χ4n) is 2.70. The monoisotopic (exact) mass is 281 g/mol. The van der Waals surface area contributed by atoms with Gasteiger partial charge in [-0.15, -0.1) is 5.10 Å². The van der Waals surface area contributed by atoms with E-state index >= 15 is 0 Å². The van der Waals surface area contributed by atoms with E-state index in [0.717, 1.165) is 18.6 Å². The van der Waals surface area contributed by atoms with Crippen molar-refractivity contribution in [2.45, 2.75) is 25.0 Å². The molecule has 0 saturated heterocycles. The number of rotatable bonds is 3. The number of nitrogens with zero attached hydrogens (tertiary/aromatic N) is 3. The molecule has 0 radical (unpaired) electrons. The Bertz CT molecular complexity index is 816. The molecule has 5 heteroatoms. The van der Waals surface area contributed by atoms with Crippen LogP contribution in [0.4, 0.5) is 0 Å². The van der Waals surface area contributed by atoms with Gasteiger partial charge in [-0.1, -0.05) is 24.3 Å². The maximum Gasteiger partial charge on any atom is 0.350 e. The lowest BCUT2D eigenvalue weighted by atomic mass is 9.89. The molecule has 0 aliphatic heterocycles. The first kappa shape index (κ1) is 12.2. The van der Waals surface area contributed by atoms with Crippen LogP contribution in [0.15, 0.2) is 59.5 Å². The first-order chi connectivity index (χ1) is 10.3. The van der Waals surface area contributed by atoms with Crippen molar-refractivity contribution in [2.24, 2.45) is 0 Å². The number of fused-ring (bicyclic) bond motifs is 1. The molecule has 1 saturated carbocycles. The zero-order valence-electron chi connectivity index (χ0n) is 11.4. The molecule has 0 spiro atoms. The Hall–Kier alpha value is -2.56. The van der Waals surface area contributed by atoms with Gasteiger partial charge in [0.05, 0.1) is 6.04 Å². The topological polar surface area (TPSA) is 48.5 Å². The average molecular weight is 281 g/mol. The third kappa shape index (κ3) is 2.11. The molecule has 1 aliphatic carbocycles. The summed E-state index contributed by atoms with van der Waals surface area (Å²) in [5.74, 6) is 0.878. The summed E-state index contributed by atoms with van der Waals surface area (Å²) < 4.78 is 9.02. The van der Waals surface area contributed by atoms with Gasteiger partial charge in [-0.25, -0.2) is 9.48 Å². The summed E-state index contributed by atoms with van der Waals surface area (Å²) >= 11 is 0. The van der Waals surface area contributed by atoms with Crippen LogP contribution in [0.5, 0.6) is 5.75 Å². The molecule has 1 fully saturated rings. The summed E-state index contributed by atoms with van der Waals surface area (Å²) in [5.41, 5.74) is 0.615. The van der Waals surface area contributed by atoms with Crippen molar-refractivity contribution in [3.63, 3.8) is 0 Å². The average Bonchev–Trinajstić information content (AvgIpc) is 2.81. The maximum absolute atomic E-state index is 12.3. The third-order valence-corrected chi connectivity index (χ3v) is 3.91. The van der Waals surface area contributed by atoms with Crippen LogP contribution in [0.25, 0.3) is 5.65 Å². The maximum atomic E-state index is 12.3. The van der Waals surface area contributed by atoms with Crippen LogP contribution in [-0.4, -0.2) is 20.3 Å². The number of hydrogen-bond acceptors (Lipinski definition) is 3. The van der Waals surface area contributed by atoms with Crippen LogP contribution < -0.4 is 10.4 Å². The Morgan fingerprint density at radius 3 is 2.57 bits per heavy atom. The first-order valence-electron chi connectivity index (χ1n) is 7.09. The van der Waals surface area contributed by atoms with E-state index in [1.54, 1.807) is 15.3 Å². The van der Waals surface area contributed by atoms with Gasteiger partial charge in [0, 0.05) is 19.0 Å². The molecule has 0 atom stereocenters. The quantitative estimate of drug-likeness (QED) is 0.740. The van der Waals surface area contributed by atoms with Crippen LogP contribution in [0.2, 0.25) is 0 Å². The Morgan fingerprint density at radius 2 is 1.81 bits per heavy atom. The highest BCUT2D eigenvalue weighted by Crippen LogP contribution is 2.33. The second-order valence-corrected chi connectivity index (χ2v) is 5.33. The summed E-state index contributed by atoms with van der Waals surface area (Å²) in [6.07, 6.45) is 3.55. The van der Waals surface area contributed by atoms with E-state index < -0.39 is 0 Å². The number of pyridine rings is 1. The van der Waals surface area contributed by atoms with E-state index in [0.29, 0.717) is 5.65 Å². The van der Waals surface area contributed by atoms with E-state index in [1.165, 1.54) is 0 Å². The summed E-state index contributed by atoms with van der Waals surface area (Å²) in [6.45, 7) is 0. The van der Waals surface area contributed by atoms with Crippen LogP contribution in [0.3, 0.4) is 0 Å². The Kier molecular flexibility index (Phi) is 2.77. The molecule has 2 aromatic heterocycles. The Balaban J connectivity index is 1.49. The predicted molar refractivity (Wildman–Crippen MR) is 78.6 cm³/mol. The molecule has 1 aromatic carbocycles. The lowest BCUT2D eigenvalue weighted by Gasteiger charge is -2.34. The molecule has 1 aliphatic rings. The number of ether oxygens (including phenoxy) is 1. The summed E-state index contributed by atoms with van der Waals surface area (Å²) in [4.78, 5) is 12.3. The highest BCUT2D eigenvalue weighted by molar-refractivity contribution is 5.35. The zero-order chi connectivity index (χ0) is 14.2. The molecule has 4 rings (SSSR count). The summed E-state index contributed by atoms with van der Waals surface area (Å²) in [5, 5.41) is 4.39. The molecule has 2 heterocycles. The molecule has 0 unspecified atom stereocenters. The smallest absolute Gasteiger partial charge is 0.350 e. The molecule has 0 bridgehead atoms. The van der Waals surface area contributed by atoms with Gasteiger partial charge in [0.15, 0.2) is 5.65 Å². The van der Waals surface area contributed by atoms with E-state index in [1.807, 2.05) is 48.5 Å². The summed E-state index contributed by atoms with van der Waals surface area (Å²) in [7, 11) is 0. The highest BCUT2D eigenvalue weighted by atomic mass is 16.5. The number of aromatic nitrogens is 3. The first-order valence-corrected chi connectivity index (χ1v) is 7.09. The Labute approximate surface area is 121 Å². The third-order valence-electron chi connectivity index (χ3n) is 3.91. The largest absolute Gasteiger partial charge is 0.490 e. The van der Waals surface area contributed by atoms with Crippen molar-refractivity contribution >= 4 is 5.65 Å². The molecule has 0 N–H and O–H groups in total. The van der Waals surface area contributed by atoms with Gasteiger partial charge in [-0.2, -0.15) is 0 Å². The van der Waals surface area contributed by atoms with Crippen molar-refractivity contribution in [1.29, 1.82) is 0 Å². The minimum Gasteiger partial charge on any atom is -0.490 e. The molecule has 5 nitrogen and oxygen atoms in total. The van der Waals surface area contributed by atoms with Gasteiger partial charge in [0.1, 0.15) is 11.9 Å². The highest BCUT2D eigenvalue weighted by Gasteiger charge is 2.34. The SMILES string of the molecule is O=c1n(C2CC(Oc3ccccc3)C2)nc2ccccn12. The van der Waals surface area contributed by atoms with Gasteiger partial charge >= 0.3 is 5.69 Å². The molecule has 106 valence electrons.